The van der Waals surface area contributed by atoms with Crippen molar-refractivity contribution in [3.8, 4) is 11.5 Å². The first-order valence-electron chi connectivity index (χ1n) is 7.56. The Kier molecular flexibility index (Phi) is 3.86. The smallest absolute Gasteiger partial charge is 0.344 e. The van der Waals surface area contributed by atoms with Crippen LogP contribution >= 0.6 is 0 Å². The van der Waals surface area contributed by atoms with Gasteiger partial charge in [0.2, 0.25) is 0 Å². The Morgan fingerprint density at radius 1 is 0.917 bits per heavy atom. The number of hydrogen-bond acceptors (Lipinski definition) is 3. The van der Waals surface area contributed by atoms with Crippen molar-refractivity contribution < 1.29 is 14.3 Å². The SMILES string of the molecule is C=C(C)c1ccc(Oc2ccc3c(c2)C(=O)OC3=C)cc1C(=C)C. The van der Waals surface area contributed by atoms with Crippen molar-refractivity contribution in [1.29, 1.82) is 0 Å². The Morgan fingerprint density at radius 2 is 1.54 bits per heavy atom. The molecule has 0 aromatic heterocycles. The van der Waals surface area contributed by atoms with E-state index < -0.39 is 5.97 Å². The van der Waals surface area contributed by atoms with Crippen LogP contribution in [0, 0.1) is 0 Å². The number of ether oxygens (including phenoxy) is 2. The maximum absolute atomic E-state index is 11.8. The first kappa shape index (κ1) is 15.8. The number of carbonyl (C=O) groups excluding carboxylic acids is 1. The highest BCUT2D eigenvalue weighted by molar-refractivity contribution is 6.02. The average molecular weight is 318 g/mol. The molecule has 0 fully saturated rings. The Morgan fingerprint density at radius 3 is 2.21 bits per heavy atom. The highest BCUT2D eigenvalue weighted by Gasteiger charge is 2.25. The van der Waals surface area contributed by atoms with E-state index in [-0.39, 0.29) is 0 Å². The molecule has 0 saturated carbocycles. The van der Waals surface area contributed by atoms with Gasteiger partial charge in [0.05, 0.1) is 5.56 Å². The first-order valence-corrected chi connectivity index (χ1v) is 7.56. The second-order valence-corrected chi connectivity index (χ2v) is 5.89. The predicted octanol–water partition coefficient (Wildman–Crippen LogP) is 5.69. The zero-order valence-corrected chi connectivity index (χ0v) is 13.8. The minimum absolute atomic E-state index is 0.372. The van der Waals surface area contributed by atoms with Gasteiger partial charge in [-0.25, -0.2) is 4.79 Å². The van der Waals surface area contributed by atoms with Crippen LogP contribution in [0.5, 0.6) is 11.5 Å². The number of cyclic esters (lactones) is 1. The van der Waals surface area contributed by atoms with Crippen LogP contribution in [0.2, 0.25) is 0 Å². The topological polar surface area (TPSA) is 35.5 Å². The van der Waals surface area contributed by atoms with Gasteiger partial charge in [-0.3, -0.25) is 0 Å². The van der Waals surface area contributed by atoms with E-state index in [0.29, 0.717) is 28.4 Å². The molecule has 0 aliphatic carbocycles. The van der Waals surface area contributed by atoms with Crippen molar-refractivity contribution >= 4 is 22.9 Å². The summed E-state index contributed by atoms with van der Waals surface area (Å²) in [5.74, 6) is 1.21. The fourth-order valence-electron chi connectivity index (χ4n) is 2.67. The Labute approximate surface area is 141 Å². The molecule has 24 heavy (non-hydrogen) atoms. The monoisotopic (exact) mass is 318 g/mol. The molecule has 0 N–H and O–H groups in total. The van der Waals surface area contributed by atoms with Crippen LogP contribution in [0.4, 0.5) is 0 Å². The van der Waals surface area contributed by atoms with E-state index in [9.17, 15) is 4.79 Å². The molecule has 0 bridgehead atoms. The van der Waals surface area contributed by atoms with Gasteiger partial charge in [-0.15, -0.1) is 0 Å². The number of allylic oxidation sites excluding steroid dienone is 2. The molecule has 2 aromatic rings. The summed E-state index contributed by atoms with van der Waals surface area (Å²) in [6, 6.07) is 11.0. The fraction of sp³-hybridized carbons (Fsp3) is 0.0952. The second-order valence-electron chi connectivity index (χ2n) is 5.89. The molecule has 0 unspecified atom stereocenters. The van der Waals surface area contributed by atoms with E-state index in [1.165, 1.54) is 0 Å². The molecule has 1 aliphatic heterocycles. The summed E-state index contributed by atoms with van der Waals surface area (Å²) in [6.07, 6.45) is 0. The van der Waals surface area contributed by atoms with Crippen LogP contribution in [0.1, 0.15) is 40.9 Å². The number of carbonyl (C=O) groups is 1. The molecule has 120 valence electrons. The Hall–Kier alpha value is -3.07. The Balaban J connectivity index is 1.95. The lowest BCUT2D eigenvalue weighted by molar-refractivity contribution is 0.0716. The summed E-state index contributed by atoms with van der Waals surface area (Å²) in [7, 11) is 0. The second kappa shape index (κ2) is 5.85. The fourth-order valence-corrected chi connectivity index (χ4v) is 2.67. The molecule has 3 rings (SSSR count). The molecule has 3 heteroatoms. The summed E-state index contributed by atoms with van der Waals surface area (Å²) in [6.45, 7) is 15.6. The standard InChI is InChI=1S/C21H18O3/c1-12(2)17-8-6-15(10-19(17)13(3)4)24-16-7-9-18-14(5)23-21(22)20(18)11-16/h6-11H,1,3,5H2,2,4H3. The molecule has 3 nitrogen and oxygen atoms in total. The zero-order valence-electron chi connectivity index (χ0n) is 13.8. The molecule has 0 spiro atoms. The largest absolute Gasteiger partial charge is 0.457 e. The van der Waals surface area contributed by atoms with Crippen molar-refractivity contribution in [1.82, 2.24) is 0 Å². The van der Waals surface area contributed by atoms with Gasteiger partial charge in [-0.2, -0.15) is 0 Å². The van der Waals surface area contributed by atoms with Crippen molar-refractivity contribution in [2.75, 3.05) is 0 Å². The number of benzene rings is 2. The highest BCUT2D eigenvalue weighted by Crippen LogP contribution is 2.34. The zero-order chi connectivity index (χ0) is 17.4. The maximum atomic E-state index is 11.8. The van der Waals surface area contributed by atoms with Crippen LogP contribution in [-0.4, -0.2) is 5.97 Å². The molecule has 0 saturated heterocycles. The third-order valence-electron chi connectivity index (χ3n) is 3.87. The van der Waals surface area contributed by atoms with Crippen molar-refractivity contribution in [3.63, 3.8) is 0 Å². The van der Waals surface area contributed by atoms with Crippen LogP contribution in [0.3, 0.4) is 0 Å². The van der Waals surface area contributed by atoms with Gasteiger partial charge >= 0.3 is 5.97 Å². The van der Waals surface area contributed by atoms with Crippen LogP contribution in [-0.2, 0) is 4.74 Å². The van der Waals surface area contributed by atoms with E-state index in [0.717, 1.165) is 22.3 Å². The summed E-state index contributed by atoms with van der Waals surface area (Å²) >= 11 is 0. The molecule has 1 aliphatic rings. The molecule has 0 amide bonds. The van der Waals surface area contributed by atoms with E-state index in [1.54, 1.807) is 18.2 Å². The van der Waals surface area contributed by atoms with Crippen molar-refractivity contribution in [2.24, 2.45) is 0 Å². The van der Waals surface area contributed by atoms with Crippen LogP contribution < -0.4 is 4.74 Å². The normalized spacial score (nSPS) is 12.6. The van der Waals surface area contributed by atoms with E-state index >= 15 is 0 Å². The van der Waals surface area contributed by atoms with Crippen molar-refractivity contribution in [2.45, 2.75) is 13.8 Å². The van der Waals surface area contributed by atoms with E-state index in [4.69, 9.17) is 9.47 Å². The summed E-state index contributed by atoms with van der Waals surface area (Å²) in [5.41, 5.74) is 5.12. The number of rotatable bonds is 4. The van der Waals surface area contributed by atoms with Gasteiger partial charge in [-0.1, -0.05) is 36.9 Å². The average Bonchev–Trinajstić information content (AvgIpc) is 2.81. The van der Waals surface area contributed by atoms with Crippen LogP contribution in [0.25, 0.3) is 16.9 Å². The first-order chi connectivity index (χ1) is 11.4. The Bertz CT molecular complexity index is 903. The van der Waals surface area contributed by atoms with E-state index in [1.807, 2.05) is 32.0 Å². The van der Waals surface area contributed by atoms with Gasteiger partial charge in [0, 0.05) is 5.56 Å². The maximum Gasteiger partial charge on any atom is 0.344 e. The van der Waals surface area contributed by atoms with Gasteiger partial charge in [0.1, 0.15) is 17.3 Å². The number of fused-ring (bicyclic) bond motifs is 1. The quantitative estimate of drug-likeness (QED) is 0.680. The lowest BCUT2D eigenvalue weighted by atomic mass is 9.97. The minimum atomic E-state index is -0.402. The van der Waals surface area contributed by atoms with E-state index in [2.05, 4.69) is 19.7 Å². The van der Waals surface area contributed by atoms with Gasteiger partial charge in [0.25, 0.3) is 0 Å². The lowest BCUT2D eigenvalue weighted by Crippen LogP contribution is -1.95. The molecule has 1 heterocycles. The highest BCUT2D eigenvalue weighted by atomic mass is 16.5. The third kappa shape index (κ3) is 2.76. The molecule has 2 aromatic carbocycles. The minimum Gasteiger partial charge on any atom is -0.457 e. The van der Waals surface area contributed by atoms with Gasteiger partial charge in [-0.05, 0) is 55.3 Å². The van der Waals surface area contributed by atoms with Gasteiger partial charge < -0.3 is 9.47 Å². The van der Waals surface area contributed by atoms with Crippen molar-refractivity contribution in [3.05, 3.63) is 78.4 Å². The van der Waals surface area contributed by atoms with Gasteiger partial charge in [0.15, 0.2) is 0 Å². The third-order valence-corrected chi connectivity index (χ3v) is 3.87. The lowest BCUT2D eigenvalue weighted by Gasteiger charge is -2.13. The predicted molar refractivity (Wildman–Crippen MR) is 96.8 cm³/mol. The molecule has 0 radical (unpaired) electrons. The summed E-state index contributed by atoms with van der Waals surface area (Å²) in [5, 5.41) is 0. The number of hydrogen-bond donors (Lipinski definition) is 0. The molecular formula is C21H18O3. The van der Waals surface area contributed by atoms with Crippen LogP contribution in [0.15, 0.2) is 56.1 Å². The number of esters is 1. The molecular weight excluding hydrogens is 300 g/mol. The summed E-state index contributed by atoms with van der Waals surface area (Å²) < 4.78 is 10.9. The molecule has 0 atom stereocenters. The summed E-state index contributed by atoms with van der Waals surface area (Å²) in [4.78, 5) is 11.8.